The van der Waals surface area contributed by atoms with E-state index < -0.39 is 18.6 Å². The number of hydrogen-bond donors (Lipinski definition) is 1. The van der Waals surface area contributed by atoms with E-state index in [1.807, 2.05) is 17.6 Å². The summed E-state index contributed by atoms with van der Waals surface area (Å²) in [6.07, 6.45) is -4.41. The number of nitrogens with zero attached hydrogens (tertiary/aromatic N) is 1. The molecule has 0 unspecified atom stereocenters. The van der Waals surface area contributed by atoms with Crippen molar-refractivity contribution in [3.8, 4) is 0 Å². The van der Waals surface area contributed by atoms with Gasteiger partial charge in [0.1, 0.15) is 6.54 Å². The van der Waals surface area contributed by atoms with Crippen molar-refractivity contribution in [2.24, 2.45) is 0 Å². The molecule has 1 amide bonds. The Kier molecular flexibility index (Phi) is 5.47. The molecule has 118 valence electrons. The second kappa shape index (κ2) is 7.15. The summed E-state index contributed by atoms with van der Waals surface area (Å²) in [5.41, 5.74) is 1.19. The maximum Gasteiger partial charge on any atom is 0.405 e. The molecule has 1 N–H and O–H groups in total. The normalized spacial score (nSPS) is 11.5. The zero-order chi connectivity index (χ0) is 16.2. The molecule has 1 aromatic carbocycles. The smallest absolute Gasteiger partial charge is 0.343 e. The molecule has 1 heterocycles. The molecule has 0 bridgehead atoms. The Labute approximate surface area is 134 Å². The molecule has 22 heavy (non-hydrogen) atoms. The van der Waals surface area contributed by atoms with E-state index in [2.05, 4.69) is 4.98 Å². The van der Waals surface area contributed by atoms with E-state index in [-0.39, 0.29) is 5.56 Å². The highest BCUT2D eigenvalue weighted by Gasteiger charge is 2.27. The molecule has 0 spiro atoms. The number of amides is 1. The average molecular weight is 346 g/mol. The molecule has 0 aliphatic carbocycles. The van der Waals surface area contributed by atoms with Crippen LogP contribution in [0, 0.1) is 6.92 Å². The topological polar surface area (TPSA) is 42.0 Å². The minimum Gasteiger partial charge on any atom is -0.343 e. The Morgan fingerprint density at radius 2 is 2.00 bits per heavy atom. The lowest BCUT2D eigenvalue weighted by molar-refractivity contribution is -0.123. The van der Waals surface area contributed by atoms with Crippen molar-refractivity contribution in [1.29, 1.82) is 0 Å². The van der Waals surface area contributed by atoms with Gasteiger partial charge >= 0.3 is 6.18 Å². The van der Waals surface area contributed by atoms with Crippen molar-refractivity contribution in [1.82, 2.24) is 10.3 Å². The minimum absolute atomic E-state index is 0.207. The third kappa shape index (κ3) is 5.34. The van der Waals surface area contributed by atoms with E-state index in [1.165, 1.54) is 12.1 Å². The van der Waals surface area contributed by atoms with Crippen LogP contribution in [0.1, 0.15) is 21.1 Å². The Balaban J connectivity index is 1.88. The highest BCUT2D eigenvalue weighted by Crippen LogP contribution is 2.24. The van der Waals surface area contributed by atoms with Crippen LogP contribution in [-0.4, -0.2) is 23.6 Å². The van der Waals surface area contributed by atoms with Crippen LogP contribution < -0.4 is 5.32 Å². The molecule has 8 heteroatoms. The first kappa shape index (κ1) is 16.8. The highest BCUT2D eigenvalue weighted by molar-refractivity contribution is 7.98. The summed E-state index contributed by atoms with van der Waals surface area (Å²) in [5, 5.41) is 4.83. The summed E-state index contributed by atoms with van der Waals surface area (Å²) in [6, 6.07) is 6.46. The number of nitrogens with one attached hydrogen (secondary N) is 1. The summed E-state index contributed by atoms with van der Waals surface area (Å²) in [6.45, 7) is 0.610. The van der Waals surface area contributed by atoms with Crippen molar-refractivity contribution < 1.29 is 18.0 Å². The molecule has 0 atom stereocenters. The van der Waals surface area contributed by atoms with Crippen molar-refractivity contribution in [2.45, 2.75) is 23.7 Å². The van der Waals surface area contributed by atoms with Crippen molar-refractivity contribution in [3.05, 3.63) is 45.9 Å². The zero-order valence-electron chi connectivity index (χ0n) is 11.6. The van der Waals surface area contributed by atoms with E-state index in [0.717, 1.165) is 15.6 Å². The molecule has 0 fully saturated rings. The zero-order valence-corrected chi connectivity index (χ0v) is 13.2. The van der Waals surface area contributed by atoms with Gasteiger partial charge in [0.2, 0.25) is 0 Å². The number of alkyl halides is 3. The molecule has 2 rings (SSSR count). The van der Waals surface area contributed by atoms with Crippen LogP contribution in [-0.2, 0) is 5.75 Å². The maximum absolute atomic E-state index is 12.0. The van der Waals surface area contributed by atoms with Crippen molar-refractivity contribution in [3.63, 3.8) is 0 Å². The van der Waals surface area contributed by atoms with Crippen LogP contribution in [0.5, 0.6) is 0 Å². The van der Waals surface area contributed by atoms with Crippen LogP contribution in [0.25, 0.3) is 0 Å². The minimum atomic E-state index is -4.41. The third-order valence-electron chi connectivity index (χ3n) is 2.62. The Morgan fingerprint density at radius 1 is 1.32 bits per heavy atom. The van der Waals surface area contributed by atoms with Gasteiger partial charge in [-0.25, -0.2) is 4.98 Å². The van der Waals surface area contributed by atoms with Gasteiger partial charge in [-0.15, -0.1) is 23.1 Å². The van der Waals surface area contributed by atoms with Gasteiger partial charge in [0.25, 0.3) is 5.91 Å². The molecular weight excluding hydrogens is 333 g/mol. The van der Waals surface area contributed by atoms with E-state index in [1.54, 1.807) is 35.2 Å². The van der Waals surface area contributed by atoms with Gasteiger partial charge in [0, 0.05) is 21.6 Å². The molecule has 2 aromatic rings. The second-order valence-corrected chi connectivity index (χ2v) is 6.58. The van der Waals surface area contributed by atoms with Crippen LogP contribution in [0.4, 0.5) is 13.2 Å². The molecule has 0 radical (unpaired) electrons. The largest absolute Gasteiger partial charge is 0.405 e. The Bertz CT molecular complexity index is 638. The second-order valence-electron chi connectivity index (χ2n) is 4.47. The average Bonchev–Trinajstić information content (AvgIpc) is 2.88. The van der Waals surface area contributed by atoms with E-state index in [4.69, 9.17) is 0 Å². The first-order chi connectivity index (χ1) is 10.3. The van der Waals surface area contributed by atoms with Crippen molar-refractivity contribution in [2.75, 3.05) is 6.54 Å². The highest BCUT2D eigenvalue weighted by atomic mass is 32.2. The lowest BCUT2D eigenvalue weighted by atomic mass is 10.2. The predicted octanol–water partition coefficient (Wildman–Crippen LogP) is 4.04. The van der Waals surface area contributed by atoms with Crippen molar-refractivity contribution >= 4 is 29.0 Å². The molecule has 3 nitrogen and oxygen atoms in total. The van der Waals surface area contributed by atoms with Gasteiger partial charge in [0.15, 0.2) is 0 Å². The van der Waals surface area contributed by atoms with E-state index >= 15 is 0 Å². The number of rotatable bonds is 5. The van der Waals surface area contributed by atoms with Crippen LogP contribution >= 0.6 is 23.1 Å². The first-order valence-corrected chi connectivity index (χ1v) is 8.19. The summed E-state index contributed by atoms with van der Waals surface area (Å²) in [7, 11) is 0. The van der Waals surface area contributed by atoms with Gasteiger partial charge < -0.3 is 5.32 Å². The number of carbonyl (C=O) groups excluding carboxylic acids is 1. The molecule has 0 saturated carbocycles. The van der Waals surface area contributed by atoms with Crippen LogP contribution in [0.3, 0.4) is 0 Å². The van der Waals surface area contributed by atoms with Crippen LogP contribution in [0.2, 0.25) is 0 Å². The molecular formula is C14H13F3N2OS2. The SMILES string of the molecule is Cc1nc(CSc2ccc(C(=O)NCC(F)(F)F)cc2)cs1. The molecule has 0 aliphatic rings. The molecule has 1 aromatic heterocycles. The fourth-order valence-corrected chi connectivity index (χ4v) is 3.13. The van der Waals surface area contributed by atoms with Gasteiger partial charge in [-0.05, 0) is 31.2 Å². The summed E-state index contributed by atoms with van der Waals surface area (Å²) < 4.78 is 36.1. The van der Waals surface area contributed by atoms with E-state index in [0.29, 0.717) is 5.75 Å². The monoisotopic (exact) mass is 346 g/mol. The third-order valence-corrected chi connectivity index (χ3v) is 4.49. The Morgan fingerprint density at radius 3 is 2.55 bits per heavy atom. The number of thioether (sulfide) groups is 1. The summed E-state index contributed by atoms with van der Waals surface area (Å²) in [5.74, 6) is -0.0201. The lowest BCUT2D eigenvalue weighted by Gasteiger charge is -2.08. The number of benzene rings is 1. The number of thiazole rings is 1. The summed E-state index contributed by atoms with van der Waals surface area (Å²) in [4.78, 5) is 16.8. The van der Waals surface area contributed by atoms with Gasteiger partial charge in [-0.1, -0.05) is 0 Å². The number of hydrogen-bond acceptors (Lipinski definition) is 4. The number of carbonyl (C=O) groups is 1. The predicted molar refractivity (Wildman–Crippen MR) is 81.2 cm³/mol. The fourth-order valence-electron chi connectivity index (χ4n) is 1.62. The fraction of sp³-hybridized carbons (Fsp3) is 0.286. The number of halogens is 3. The van der Waals surface area contributed by atoms with E-state index in [9.17, 15) is 18.0 Å². The maximum atomic E-state index is 12.0. The number of aryl methyl sites for hydroxylation is 1. The Hall–Kier alpha value is -1.54. The van der Waals surface area contributed by atoms with Crippen LogP contribution in [0.15, 0.2) is 34.5 Å². The molecule has 0 saturated heterocycles. The quantitative estimate of drug-likeness (QED) is 0.831. The van der Waals surface area contributed by atoms with Gasteiger partial charge in [-0.3, -0.25) is 4.79 Å². The molecule has 0 aliphatic heterocycles. The standard InChI is InChI=1S/C14H13F3N2OS2/c1-9-19-11(6-21-9)7-22-12-4-2-10(3-5-12)13(20)18-8-14(15,16)17/h2-6H,7-8H2,1H3,(H,18,20). The van der Waals surface area contributed by atoms with Gasteiger partial charge in [0.05, 0.1) is 10.7 Å². The summed E-state index contributed by atoms with van der Waals surface area (Å²) >= 11 is 3.14. The van der Waals surface area contributed by atoms with Gasteiger partial charge in [-0.2, -0.15) is 13.2 Å². The first-order valence-electron chi connectivity index (χ1n) is 6.32. The lowest BCUT2D eigenvalue weighted by Crippen LogP contribution is -2.33. The number of aromatic nitrogens is 1.